The zero-order chi connectivity index (χ0) is 15.8. The third kappa shape index (κ3) is 1.58. The Morgan fingerprint density at radius 1 is 1.18 bits per heavy atom. The summed E-state index contributed by atoms with van der Waals surface area (Å²) < 4.78 is 5.63. The van der Waals surface area contributed by atoms with Crippen molar-refractivity contribution in [2.24, 2.45) is 16.7 Å². The average Bonchev–Trinajstić information content (AvgIpc) is 2.89. The molecule has 3 nitrogen and oxygen atoms in total. The molecule has 1 heterocycles. The lowest BCUT2D eigenvalue weighted by atomic mass is 9.44. The number of nitrogens with zero attached hydrogens (tertiary/aromatic N) is 1. The van der Waals surface area contributed by atoms with Crippen molar-refractivity contribution in [3.05, 3.63) is 29.2 Å². The summed E-state index contributed by atoms with van der Waals surface area (Å²) in [7, 11) is 0. The number of hydrogen-bond donors (Lipinski definition) is 1. The molecule has 0 radical (unpaired) electrons. The fraction of sp³-hybridized carbons (Fsp3) is 0.737. The minimum Gasteiger partial charge on any atom is -0.392 e. The Morgan fingerprint density at radius 2 is 1.95 bits per heavy atom. The first-order valence-electron chi connectivity index (χ1n) is 8.63. The summed E-state index contributed by atoms with van der Waals surface area (Å²) >= 11 is 0. The number of aliphatic hydroxyl groups is 1. The van der Waals surface area contributed by atoms with Crippen molar-refractivity contribution in [1.29, 1.82) is 0 Å². The summed E-state index contributed by atoms with van der Waals surface area (Å²) in [5.41, 5.74) is 2.82. The van der Waals surface area contributed by atoms with Crippen LogP contribution in [0.4, 0.5) is 0 Å². The number of hydrogen-bond acceptors (Lipinski definition) is 3. The first-order valence-corrected chi connectivity index (χ1v) is 8.63. The molecule has 1 fully saturated rings. The van der Waals surface area contributed by atoms with Crippen molar-refractivity contribution in [1.82, 2.24) is 5.16 Å². The third-order valence-corrected chi connectivity index (χ3v) is 7.13. The van der Waals surface area contributed by atoms with E-state index in [1.807, 2.05) is 6.20 Å². The maximum absolute atomic E-state index is 10.7. The number of aliphatic hydroxyl groups excluding tert-OH is 1. The first kappa shape index (κ1) is 14.5. The minimum absolute atomic E-state index is 0.00338. The second kappa shape index (κ2) is 4.25. The van der Waals surface area contributed by atoms with Gasteiger partial charge in [0.25, 0.3) is 0 Å². The molecule has 3 aliphatic rings. The van der Waals surface area contributed by atoms with Crippen LogP contribution in [0.1, 0.15) is 64.7 Å². The smallest absolute Gasteiger partial charge is 0.145 e. The molecule has 22 heavy (non-hydrogen) atoms. The van der Waals surface area contributed by atoms with E-state index in [2.05, 4.69) is 38.9 Å². The van der Waals surface area contributed by atoms with Crippen molar-refractivity contribution in [3.8, 4) is 0 Å². The third-order valence-electron chi connectivity index (χ3n) is 7.13. The van der Waals surface area contributed by atoms with Gasteiger partial charge < -0.3 is 9.63 Å². The summed E-state index contributed by atoms with van der Waals surface area (Å²) in [5, 5.41) is 14.8. The van der Waals surface area contributed by atoms with E-state index in [1.54, 1.807) is 0 Å². The van der Waals surface area contributed by atoms with Crippen molar-refractivity contribution in [2.45, 2.75) is 71.3 Å². The fourth-order valence-electron chi connectivity index (χ4n) is 6.10. The predicted octanol–water partition coefficient (Wildman–Crippen LogP) is 4.01. The molecule has 4 rings (SSSR count). The van der Waals surface area contributed by atoms with Crippen LogP contribution in [0.5, 0.6) is 0 Å². The molecule has 1 aromatic rings. The summed E-state index contributed by atoms with van der Waals surface area (Å²) in [6.45, 7) is 9.31. The quantitative estimate of drug-likeness (QED) is 0.736. The van der Waals surface area contributed by atoms with Gasteiger partial charge in [-0.15, -0.1) is 0 Å². The standard InChI is InChI=1S/C19H27NO2/c1-17(2)13-8-9-18(3)14(6-5-7-15(18)21)19(13,4)10-12-11-20-22-16(12)17/h6,11,13,15,21H,5,7-10H2,1-4H3/t13-,15+,18+,19-/m0/s1. The molecule has 0 aliphatic heterocycles. The van der Waals surface area contributed by atoms with Crippen LogP contribution in [0.3, 0.4) is 0 Å². The van der Waals surface area contributed by atoms with Gasteiger partial charge in [0, 0.05) is 16.4 Å². The van der Waals surface area contributed by atoms with Crippen molar-refractivity contribution in [3.63, 3.8) is 0 Å². The van der Waals surface area contributed by atoms with Gasteiger partial charge in [-0.1, -0.05) is 44.5 Å². The Labute approximate surface area is 132 Å². The topological polar surface area (TPSA) is 46.3 Å². The van der Waals surface area contributed by atoms with E-state index in [1.165, 1.54) is 11.1 Å². The van der Waals surface area contributed by atoms with Gasteiger partial charge in [-0.05, 0) is 43.4 Å². The largest absolute Gasteiger partial charge is 0.392 e. The molecular formula is C19H27NO2. The zero-order valence-electron chi connectivity index (χ0n) is 14.1. The molecule has 1 aromatic heterocycles. The Hall–Kier alpha value is -1.09. The molecule has 4 atom stereocenters. The van der Waals surface area contributed by atoms with E-state index in [4.69, 9.17) is 4.52 Å². The van der Waals surface area contributed by atoms with E-state index in [0.29, 0.717) is 5.92 Å². The Bertz CT molecular complexity index is 644. The molecule has 3 aliphatic carbocycles. The fourth-order valence-corrected chi connectivity index (χ4v) is 6.10. The normalized spacial score (nSPS) is 42.9. The van der Waals surface area contributed by atoms with Crippen LogP contribution in [0.15, 0.2) is 22.4 Å². The van der Waals surface area contributed by atoms with Crippen LogP contribution in [0, 0.1) is 16.7 Å². The highest BCUT2D eigenvalue weighted by atomic mass is 16.5. The van der Waals surface area contributed by atoms with Crippen LogP contribution in [0.25, 0.3) is 0 Å². The molecule has 0 amide bonds. The van der Waals surface area contributed by atoms with E-state index in [0.717, 1.165) is 37.9 Å². The van der Waals surface area contributed by atoms with Gasteiger partial charge in [0.05, 0.1) is 12.3 Å². The highest BCUT2D eigenvalue weighted by Gasteiger charge is 2.60. The van der Waals surface area contributed by atoms with Gasteiger partial charge in [0.1, 0.15) is 5.76 Å². The molecule has 1 saturated carbocycles. The van der Waals surface area contributed by atoms with Gasteiger partial charge in [0.2, 0.25) is 0 Å². The lowest BCUT2D eigenvalue weighted by molar-refractivity contribution is -0.0374. The number of fused-ring (bicyclic) bond motifs is 4. The van der Waals surface area contributed by atoms with Crippen LogP contribution >= 0.6 is 0 Å². The SMILES string of the molecule is CC1(C)c2oncc2C[C@]2(C)C3=CCC[C@@H](O)[C@]3(C)CC[C@@H]12. The van der Waals surface area contributed by atoms with E-state index >= 15 is 0 Å². The first-order chi connectivity index (χ1) is 10.3. The molecule has 120 valence electrons. The van der Waals surface area contributed by atoms with E-state index < -0.39 is 0 Å². The molecule has 1 N–H and O–H groups in total. The Balaban J connectivity index is 1.89. The maximum atomic E-state index is 10.7. The number of rotatable bonds is 0. The second-order valence-electron chi connectivity index (χ2n) is 8.72. The van der Waals surface area contributed by atoms with Gasteiger partial charge in [-0.25, -0.2) is 0 Å². The summed E-state index contributed by atoms with van der Waals surface area (Å²) in [4.78, 5) is 0. The Morgan fingerprint density at radius 3 is 2.73 bits per heavy atom. The zero-order valence-corrected chi connectivity index (χ0v) is 14.1. The van der Waals surface area contributed by atoms with Crippen LogP contribution in [0.2, 0.25) is 0 Å². The van der Waals surface area contributed by atoms with Crippen molar-refractivity contribution in [2.75, 3.05) is 0 Å². The van der Waals surface area contributed by atoms with Gasteiger partial charge in [-0.3, -0.25) is 0 Å². The number of allylic oxidation sites excluding steroid dienone is 1. The average molecular weight is 301 g/mol. The van der Waals surface area contributed by atoms with E-state index in [9.17, 15) is 5.11 Å². The van der Waals surface area contributed by atoms with E-state index in [-0.39, 0.29) is 22.3 Å². The lowest BCUT2D eigenvalue weighted by Gasteiger charge is -2.60. The molecule has 0 aromatic carbocycles. The summed E-state index contributed by atoms with van der Waals surface area (Å²) in [5.74, 6) is 1.63. The molecule has 0 unspecified atom stereocenters. The summed E-state index contributed by atoms with van der Waals surface area (Å²) in [6.07, 6.45) is 9.28. The monoisotopic (exact) mass is 301 g/mol. The predicted molar refractivity (Wildman–Crippen MR) is 85.5 cm³/mol. The van der Waals surface area contributed by atoms with Crippen LogP contribution in [-0.4, -0.2) is 16.4 Å². The van der Waals surface area contributed by atoms with Gasteiger partial charge in [0.15, 0.2) is 0 Å². The molecule has 3 heteroatoms. The van der Waals surface area contributed by atoms with Gasteiger partial charge in [-0.2, -0.15) is 0 Å². The molecule has 0 saturated heterocycles. The van der Waals surface area contributed by atoms with Crippen molar-refractivity contribution < 1.29 is 9.63 Å². The van der Waals surface area contributed by atoms with Crippen LogP contribution < -0.4 is 0 Å². The number of aromatic nitrogens is 1. The minimum atomic E-state index is -0.197. The highest BCUT2D eigenvalue weighted by Crippen LogP contribution is 2.64. The Kier molecular flexibility index (Phi) is 2.80. The second-order valence-corrected chi connectivity index (χ2v) is 8.72. The van der Waals surface area contributed by atoms with Crippen LogP contribution in [-0.2, 0) is 11.8 Å². The maximum Gasteiger partial charge on any atom is 0.145 e. The molecular weight excluding hydrogens is 274 g/mol. The van der Waals surface area contributed by atoms with Gasteiger partial charge >= 0.3 is 0 Å². The molecule has 0 spiro atoms. The molecule has 0 bridgehead atoms. The summed E-state index contributed by atoms with van der Waals surface area (Å²) in [6, 6.07) is 0. The van der Waals surface area contributed by atoms with Crippen molar-refractivity contribution >= 4 is 0 Å². The lowest BCUT2D eigenvalue weighted by Crippen LogP contribution is -2.56. The highest BCUT2D eigenvalue weighted by molar-refractivity contribution is 5.40.